The molecule has 1 N–H and O–H groups in total. The second-order valence-corrected chi connectivity index (χ2v) is 10.8. The molecule has 0 aliphatic carbocycles. The lowest BCUT2D eigenvalue weighted by atomic mass is 9.98. The highest BCUT2D eigenvalue weighted by molar-refractivity contribution is 6.39. The van der Waals surface area contributed by atoms with Crippen molar-refractivity contribution in [2.45, 2.75) is 39.0 Å². The number of imidazole rings is 1. The van der Waals surface area contributed by atoms with Gasteiger partial charge in [0.1, 0.15) is 23.7 Å². The molecule has 10 heteroatoms. The van der Waals surface area contributed by atoms with Crippen LogP contribution in [0, 0.1) is 0 Å². The van der Waals surface area contributed by atoms with E-state index in [-0.39, 0.29) is 17.9 Å². The van der Waals surface area contributed by atoms with Crippen molar-refractivity contribution in [2.24, 2.45) is 7.05 Å². The predicted octanol–water partition coefficient (Wildman–Crippen LogP) is 5.07. The molecule has 3 heterocycles. The van der Waals surface area contributed by atoms with E-state index in [1.165, 1.54) is 0 Å². The van der Waals surface area contributed by atoms with Gasteiger partial charge in [-0.25, -0.2) is 9.78 Å². The lowest BCUT2D eigenvalue weighted by Gasteiger charge is -2.40. The zero-order valence-electron chi connectivity index (χ0n) is 20.1. The largest absolute Gasteiger partial charge is 0.507 e. The Kier molecular flexibility index (Phi) is 6.02. The summed E-state index contributed by atoms with van der Waals surface area (Å²) in [5, 5.41) is 11.4. The van der Waals surface area contributed by atoms with Crippen LogP contribution in [0.5, 0.6) is 11.5 Å². The number of hydrogen-bond acceptors (Lipinski definition) is 6. The van der Waals surface area contributed by atoms with Crippen molar-refractivity contribution in [3.63, 3.8) is 0 Å². The Morgan fingerprint density at radius 2 is 2.00 bits per heavy atom. The molecule has 3 aromatic rings. The number of phenols is 1. The number of hydrogen-bond donors (Lipinski definition) is 1. The first-order valence-electron chi connectivity index (χ1n) is 11.5. The van der Waals surface area contributed by atoms with Crippen LogP contribution in [0.4, 0.5) is 4.79 Å². The summed E-state index contributed by atoms with van der Waals surface area (Å²) in [4.78, 5) is 21.3. The highest BCUT2D eigenvalue weighted by Crippen LogP contribution is 2.49. The molecule has 1 fully saturated rings. The lowest BCUT2D eigenvalue weighted by Crippen LogP contribution is -2.56. The van der Waals surface area contributed by atoms with Gasteiger partial charge in [-0.3, -0.25) is 4.90 Å². The van der Waals surface area contributed by atoms with Crippen molar-refractivity contribution in [1.29, 1.82) is 0 Å². The van der Waals surface area contributed by atoms with Gasteiger partial charge in [0.15, 0.2) is 0 Å². The van der Waals surface area contributed by atoms with Crippen LogP contribution in [0.15, 0.2) is 24.5 Å². The van der Waals surface area contributed by atoms with E-state index < -0.39 is 5.60 Å². The van der Waals surface area contributed by atoms with Gasteiger partial charge in [0.2, 0.25) is 0 Å². The first-order valence-corrected chi connectivity index (χ1v) is 12.3. The number of aromatic nitrogens is 2. The zero-order valence-corrected chi connectivity index (χ0v) is 21.7. The van der Waals surface area contributed by atoms with Crippen LogP contribution < -0.4 is 4.74 Å². The molecule has 2 aliphatic heterocycles. The molecule has 186 valence electrons. The summed E-state index contributed by atoms with van der Waals surface area (Å²) >= 11 is 13.5. The fourth-order valence-corrected chi connectivity index (χ4v) is 5.46. The minimum absolute atomic E-state index is 0.0188. The molecule has 0 bridgehead atoms. The molecule has 1 atom stereocenters. The molecule has 1 saturated heterocycles. The van der Waals surface area contributed by atoms with Crippen LogP contribution in [0.3, 0.4) is 0 Å². The number of aryl methyl sites for hydroxylation is 1. The highest BCUT2D eigenvalue weighted by Gasteiger charge is 2.37. The van der Waals surface area contributed by atoms with E-state index in [9.17, 15) is 9.90 Å². The first kappa shape index (κ1) is 24.0. The molecular weight excluding hydrogens is 491 g/mol. The number of carbonyl (C=O) groups is 1. The molecule has 5 rings (SSSR count). The first-order chi connectivity index (χ1) is 16.5. The third-order valence-corrected chi connectivity index (χ3v) is 7.11. The predicted molar refractivity (Wildman–Crippen MR) is 135 cm³/mol. The van der Waals surface area contributed by atoms with E-state index in [0.29, 0.717) is 65.2 Å². The summed E-state index contributed by atoms with van der Waals surface area (Å²) in [6.45, 7) is 8.26. The van der Waals surface area contributed by atoms with Crippen molar-refractivity contribution in [1.82, 2.24) is 19.4 Å². The van der Waals surface area contributed by atoms with Gasteiger partial charge >= 0.3 is 6.09 Å². The topological polar surface area (TPSA) is 80.1 Å². The molecule has 0 spiro atoms. The smallest absolute Gasteiger partial charge is 0.410 e. The molecular formula is C25H28Cl2N4O4. The van der Waals surface area contributed by atoms with Crippen LogP contribution in [-0.4, -0.2) is 68.4 Å². The summed E-state index contributed by atoms with van der Waals surface area (Å²) in [6, 6.07) is 4.93. The number of halogens is 2. The molecule has 0 saturated carbocycles. The maximum absolute atomic E-state index is 12.7. The Bertz CT molecular complexity index is 1300. The van der Waals surface area contributed by atoms with Crippen molar-refractivity contribution < 1.29 is 19.4 Å². The maximum Gasteiger partial charge on any atom is 0.410 e. The lowest BCUT2D eigenvalue weighted by molar-refractivity contribution is -0.00151. The van der Waals surface area contributed by atoms with Crippen LogP contribution in [0.2, 0.25) is 10.0 Å². The number of carbonyl (C=O) groups excluding carboxylic acids is 1. The monoisotopic (exact) mass is 518 g/mol. The number of benzene rings is 2. The molecule has 1 unspecified atom stereocenters. The van der Waals surface area contributed by atoms with Crippen molar-refractivity contribution in [2.75, 3.05) is 26.2 Å². The zero-order chi connectivity index (χ0) is 25.1. The second-order valence-electron chi connectivity index (χ2n) is 10.0. The Labute approximate surface area is 213 Å². The van der Waals surface area contributed by atoms with Gasteiger partial charge in [-0.2, -0.15) is 0 Å². The normalized spacial score (nSPS) is 18.6. The molecule has 1 aromatic heterocycles. The second kappa shape index (κ2) is 8.76. The van der Waals surface area contributed by atoms with Crippen LogP contribution in [0.25, 0.3) is 22.2 Å². The van der Waals surface area contributed by atoms with Gasteiger partial charge < -0.3 is 24.0 Å². The minimum atomic E-state index is -0.552. The van der Waals surface area contributed by atoms with Crippen molar-refractivity contribution >= 4 is 40.3 Å². The van der Waals surface area contributed by atoms with E-state index >= 15 is 0 Å². The van der Waals surface area contributed by atoms with Gasteiger partial charge in [0.25, 0.3) is 0 Å². The summed E-state index contributed by atoms with van der Waals surface area (Å²) in [6.07, 6.45) is 1.41. The molecule has 8 nitrogen and oxygen atoms in total. The van der Waals surface area contributed by atoms with Crippen LogP contribution in [0.1, 0.15) is 26.3 Å². The molecule has 1 amide bonds. The SMILES string of the molecule is Cn1cnc2c(-c3c(O)cccc3Cl)c(Cl)c3c(c21)CN1CCN(C(=O)OC(C)(C)C)CC1CO3. The van der Waals surface area contributed by atoms with E-state index in [2.05, 4.69) is 9.88 Å². The Balaban J connectivity index is 1.55. The van der Waals surface area contributed by atoms with Gasteiger partial charge in [0.05, 0.1) is 33.4 Å². The summed E-state index contributed by atoms with van der Waals surface area (Å²) in [5.41, 5.74) is 2.85. The van der Waals surface area contributed by atoms with Crippen molar-refractivity contribution in [3.8, 4) is 22.6 Å². The van der Waals surface area contributed by atoms with Crippen LogP contribution >= 0.6 is 23.2 Å². The van der Waals surface area contributed by atoms with Gasteiger partial charge in [-0.1, -0.05) is 29.3 Å². The molecule has 2 aromatic carbocycles. The molecule has 2 aliphatic rings. The van der Waals surface area contributed by atoms with Crippen molar-refractivity contribution in [3.05, 3.63) is 40.1 Å². The van der Waals surface area contributed by atoms with Gasteiger partial charge in [-0.05, 0) is 32.9 Å². The summed E-state index contributed by atoms with van der Waals surface area (Å²) < 4.78 is 13.8. The minimum Gasteiger partial charge on any atom is -0.507 e. The number of phenolic OH excluding ortho intramolecular Hbond substituents is 1. The molecule has 0 radical (unpaired) electrons. The molecule has 35 heavy (non-hydrogen) atoms. The Morgan fingerprint density at radius 1 is 1.23 bits per heavy atom. The Hall–Kier alpha value is -2.68. The number of amides is 1. The number of piperazine rings is 1. The maximum atomic E-state index is 12.7. The number of rotatable bonds is 1. The van der Waals surface area contributed by atoms with Gasteiger partial charge in [0, 0.05) is 49.9 Å². The summed E-state index contributed by atoms with van der Waals surface area (Å²) in [5.74, 6) is 0.570. The average Bonchev–Trinajstić information content (AvgIpc) is 3.04. The highest BCUT2D eigenvalue weighted by atomic mass is 35.5. The fraction of sp³-hybridized carbons (Fsp3) is 0.440. The standard InChI is InChI=1S/C25H28Cl2N4O4/c1-25(2,3)35-24(33)31-9-8-30-11-15-22-21(28-13-29(22)4)19(18-16(26)6-5-7-17(18)32)20(27)23(15)34-12-14(30)10-31/h5-7,13-14,32H,8-12H2,1-4H3. The van der Waals surface area contributed by atoms with Crippen LogP contribution in [-0.2, 0) is 18.3 Å². The number of fused-ring (bicyclic) bond motifs is 4. The summed E-state index contributed by atoms with van der Waals surface area (Å²) in [7, 11) is 1.92. The average molecular weight is 519 g/mol. The quantitative estimate of drug-likeness (QED) is 0.484. The van der Waals surface area contributed by atoms with E-state index in [4.69, 9.17) is 32.7 Å². The van der Waals surface area contributed by atoms with E-state index in [1.807, 2.05) is 32.4 Å². The third-order valence-electron chi connectivity index (χ3n) is 6.43. The van der Waals surface area contributed by atoms with E-state index in [0.717, 1.165) is 11.1 Å². The van der Waals surface area contributed by atoms with Gasteiger partial charge in [-0.15, -0.1) is 0 Å². The number of ether oxygens (including phenoxy) is 2. The van der Waals surface area contributed by atoms with E-state index in [1.54, 1.807) is 29.4 Å². The fourth-order valence-electron chi connectivity index (χ4n) is 4.85. The Morgan fingerprint density at radius 3 is 2.71 bits per heavy atom. The number of aromatic hydroxyl groups is 1. The third kappa shape index (κ3) is 4.28. The number of nitrogens with zero attached hydrogens (tertiary/aromatic N) is 4.